The predicted molar refractivity (Wildman–Crippen MR) is 66.0 cm³/mol. The van der Waals surface area contributed by atoms with Crippen LogP contribution >= 0.6 is 0 Å². The topological polar surface area (TPSA) is 110 Å². The molecule has 1 radical (unpaired) electrons. The van der Waals surface area contributed by atoms with Crippen molar-refractivity contribution in [3.05, 3.63) is 65.0 Å². The molecule has 0 bridgehead atoms. The number of hydrogen-bond acceptors (Lipinski definition) is 5. The van der Waals surface area contributed by atoms with Crippen LogP contribution in [0.1, 0.15) is 0 Å². The van der Waals surface area contributed by atoms with Gasteiger partial charge >= 0.3 is 10.1 Å². The van der Waals surface area contributed by atoms with Gasteiger partial charge in [-0.3, -0.25) is 19.7 Å². The standard InChI is InChI=1S/C6H4NO5S.C5H5N/c8-7(9)5-3-1-2-4-6(5)13(10,11)12;1-2-4-6-5-3-1/h1-3H,(H,10,11,12);1-5H. The van der Waals surface area contributed by atoms with E-state index in [2.05, 4.69) is 11.1 Å². The van der Waals surface area contributed by atoms with E-state index in [4.69, 9.17) is 4.55 Å². The largest absolute Gasteiger partial charge is 0.302 e. The lowest BCUT2D eigenvalue weighted by molar-refractivity contribution is -0.387. The van der Waals surface area contributed by atoms with Crippen LogP contribution in [-0.2, 0) is 10.1 Å². The molecule has 1 N–H and O–H groups in total. The van der Waals surface area contributed by atoms with Gasteiger partial charge in [-0.25, -0.2) is 0 Å². The molecule has 0 fully saturated rings. The summed E-state index contributed by atoms with van der Waals surface area (Å²) in [6.45, 7) is 0. The van der Waals surface area contributed by atoms with Crippen molar-refractivity contribution in [2.75, 3.05) is 0 Å². The second-order valence-corrected chi connectivity index (χ2v) is 4.50. The number of aromatic nitrogens is 1. The van der Waals surface area contributed by atoms with Crippen LogP contribution in [0.3, 0.4) is 0 Å². The molecule has 0 spiro atoms. The maximum atomic E-state index is 10.6. The van der Waals surface area contributed by atoms with E-state index in [1.54, 1.807) is 12.4 Å². The molecule has 2 rings (SSSR count). The third-order valence-corrected chi connectivity index (χ3v) is 2.66. The van der Waals surface area contributed by atoms with Gasteiger partial charge in [0.05, 0.1) is 4.92 Å². The number of benzene rings is 1. The zero-order valence-electron chi connectivity index (χ0n) is 9.50. The van der Waals surface area contributed by atoms with Crippen LogP contribution in [0, 0.1) is 16.2 Å². The minimum Gasteiger partial charge on any atom is -0.282 e. The van der Waals surface area contributed by atoms with Crippen LogP contribution < -0.4 is 0 Å². The van der Waals surface area contributed by atoms with Gasteiger partial charge in [-0.2, -0.15) is 8.42 Å². The van der Waals surface area contributed by atoms with Gasteiger partial charge in [0.1, 0.15) is 0 Å². The fourth-order valence-corrected chi connectivity index (χ4v) is 1.70. The SMILES string of the molecule is O=[N+]([O-])c1ccc[c]c1S(=O)(=O)O.c1ccncc1. The lowest BCUT2D eigenvalue weighted by atomic mass is 10.3. The van der Waals surface area contributed by atoms with Gasteiger partial charge in [-0.15, -0.1) is 0 Å². The molecule has 0 aliphatic carbocycles. The van der Waals surface area contributed by atoms with Gasteiger partial charge < -0.3 is 0 Å². The van der Waals surface area contributed by atoms with Crippen molar-refractivity contribution in [3.63, 3.8) is 0 Å². The van der Waals surface area contributed by atoms with Crippen LogP contribution in [0.15, 0.2) is 53.7 Å². The molecule has 0 unspecified atom stereocenters. The van der Waals surface area contributed by atoms with Crippen LogP contribution in [0.25, 0.3) is 0 Å². The highest BCUT2D eigenvalue weighted by atomic mass is 32.2. The third kappa shape index (κ3) is 4.82. The van der Waals surface area contributed by atoms with Gasteiger partial charge in [-0.05, 0) is 12.1 Å². The van der Waals surface area contributed by atoms with E-state index in [1.165, 1.54) is 6.07 Å². The van der Waals surface area contributed by atoms with Crippen molar-refractivity contribution in [1.29, 1.82) is 0 Å². The minimum absolute atomic E-state index is 0.690. The number of nitrogens with zero attached hydrogens (tertiary/aromatic N) is 2. The van der Waals surface area contributed by atoms with Gasteiger partial charge in [0.25, 0.3) is 5.69 Å². The molecular weight excluding hydrogens is 272 g/mol. The van der Waals surface area contributed by atoms with Gasteiger partial charge in [-0.1, -0.05) is 18.2 Å². The molecule has 1 heterocycles. The Labute approximate surface area is 109 Å². The molecular formula is C11H9N2O5S. The Bertz CT molecular complexity index is 616. The average Bonchev–Trinajstić information content (AvgIpc) is 2.40. The van der Waals surface area contributed by atoms with Crippen molar-refractivity contribution in [1.82, 2.24) is 4.98 Å². The normalized spacial score (nSPS) is 10.2. The number of rotatable bonds is 2. The summed E-state index contributed by atoms with van der Waals surface area (Å²) in [6, 6.07) is 11.2. The van der Waals surface area contributed by atoms with Crippen molar-refractivity contribution >= 4 is 15.8 Å². The molecule has 0 saturated carbocycles. The zero-order chi connectivity index (χ0) is 14.3. The van der Waals surface area contributed by atoms with E-state index in [9.17, 15) is 18.5 Å². The fourth-order valence-electron chi connectivity index (χ4n) is 1.08. The van der Waals surface area contributed by atoms with Crippen molar-refractivity contribution in [2.45, 2.75) is 4.90 Å². The molecule has 1 aromatic carbocycles. The zero-order valence-corrected chi connectivity index (χ0v) is 10.3. The minimum atomic E-state index is -4.58. The van der Waals surface area contributed by atoms with Crippen LogP contribution in [0.5, 0.6) is 0 Å². The van der Waals surface area contributed by atoms with E-state index in [0.717, 1.165) is 12.1 Å². The molecule has 99 valence electrons. The second-order valence-electron chi connectivity index (χ2n) is 3.14. The summed E-state index contributed by atoms with van der Waals surface area (Å²) in [7, 11) is -4.58. The number of nitro groups is 1. The van der Waals surface area contributed by atoms with Crippen molar-refractivity contribution < 1.29 is 17.9 Å². The Hall–Kier alpha value is -2.32. The van der Waals surface area contributed by atoms with Crippen LogP contribution in [0.2, 0.25) is 0 Å². The molecule has 7 nitrogen and oxygen atoms in total. The monoisotopic (exact) mass is 281 g/mol. The molecule has 8 heteroatoms. The highest BCUT2D eigenvalue weighted by molar-refractivity contribution is 7.86. The van der Waals surface area contributed by atoms with Crippen LogP contribution in [-0.4, -0.2) is 22.9 Å². The molecule has 19 heavy (non-hydrogen) atoms. The van der Waals surface area contributed by atoms with E-state index < -0.39 is 25.6 Å². The fraction of sp³-hybridized carbons (Fsp3) is 0. The Balaban J connectivity index is 0.000000250. The summed E-state index contributed by atoms with van der Waals surface area (Å²) in [5.41, 5.74) is -0.690. The van der Waals surface area contributed by atoms with Gasteiger partial charge in [0, 0.05) is 24.5 Å². The molecule has 0 aliphatic heterocycles. The number of pyridine rings is 1. The molecule has 0 aliphatic rings. The van der Waals surface area contributed by atoms with Crippen molar-refractivity contribution in [2.24, 2.45) is 0 Å². The van der Waals surface area contributed by atoms with Crippen molar-refractivity contribution in [3.8, 4) is 0 Å². The quantitative estimate of drug-likeness (QED) is 0.509. The lowest BCUT2D eigenvalue weighted by Crippen LogP contribution is -2.02. The maximum absolute atomic E-state index is 10.6. The third-order valence-electron chi connectivity index (χ3n) is 1.82. The Kier molecular flexibility index (Phi) is 5.10. The van der Waals surface area contributed by atoms with E-state index >= 15 is 0 Å². The van der Waals surface area contributed by atoms with E-state index in [1.807, 2.05) is 18.2 Å². The summed E-state index contributed by atoms with van der Waals surface area (Å²) in [4.78, 5) is 12.3. The van der Waals surface area contributed by atoms with Crippen LogP contribution in [0.4, 0.5) is 5.69 Å². The summed E-state index contributed by atoms with van der Waals surface area (Å²) >= 11 is 0. The number of hydrogen-bond donors (Lipinski definition) is 1. The summed E-state index contributed by atoms with van der Waals surface area (Å²) in [6.07, 6.45) is 3.50. The highest BCUT2D eigenvalue weighted by Gasteiger charge is 2.22. The average molecular weight is 281 g/mol. The number of nitro benzene ring substituents is 1. The Morgan fingerprint density at radius 2 is 1.84 bits per heavy atom. The predicted octanol–water partition coefficient (Wildman–Crippen LogP) is 1.72. The molecule has 0 saturated heterocycles. The smallest absolute Gasteiger partial charge is 0.282 e. The summed E-state index contributed by atoms with van der Waals surface area (Å²) < 4.78 is 29.7. The van der Waals surface area contributed by atoms with E-state index in [0.29, 0.717) is 0 Å². The molecule has 0 atom stereocenters. The first-order chi connectivity index (χ1) is 8.93. The second kappa shape index (κ2) is 6.57. The Morgan fingerprint density at radius 3 is 2.16 bits per heavy atom. The first-order valence-corrected chi connectivity index (χ1v) is 6.34. The lowest BCUT2D eigenvalue weighted by Gasteiger charge is -1.96. The van der Waals surface area contributed by atoms with E-state index in [-0.39, 0.29) is 0 Å². The van der Waals surface area contributed by atoms with Gasteiger partial charge in [0.2, 0.25) is 0 Å². The maximum Gasteiger partial charge on any atom is 0.302 e. The molecule has 2 aromatic rings. The first-order valence-electron chi connectivity index (χ1n) is 4.90. The highest BCUT2D eigenvalue weighted by Crippen LogP contribution is 2.21. The summed E-state index contributed by atoms with van der Waals surface area (Å²) in [5, 5.41) is 10.3. The first kappa shape index (κ1) is 14.7. The summed E-state index contributed by atoms with van der Waals surface area (Å²) in [5.74, 6) is 0. The molecule has 0 amide bonds. The molecule has 1 aromatic heterocycles. The Morgan fingerprint density at radius 1 is 1.21 bits per heavy atom. The van der Waals surface area contributed by atoms with Gasteiger partial charge in [0.15, 0.2) is 4.90 Å².